The molecule has 0 fully saturated rings. The third kappa shape index (κ3) is 2.60. The number of ether oxygens (including phenoxy) is 2. The standard InChI is InChI=1S/C18H15FN2O3/c1-22-13-6-7-16-11(9-13)8-12(10-23-16)17-20-21-18(24-17)14-4-2-3-5-15(14)19/h2-7,9,12H,8,10H2,1H3/t12-/m0/s1. The Labute approximate surface area is 138 Å². The van der Waals surface area contributed by atoms with Gasteiger partial charge >= 0.3 is 0 Å². The first kappa shape index (κ1) is 14.7. The Morgan fingerprint density at radius 1 is 1.17 bits per heavy atom. The molecule has 0 aliphatic carbocycles. The molecule has 0 spiro atoms. The van der Waals surface area contributed by atoms with Gasteiger partial charge in [0.2, 0.25) is 5.89 Å². The highest BCUT2D eigenvalue weighted by molar-refractivity contribution is 5.53. The van der Waals surface area contributed by atoms with Gasteiger partial charge in [-0.1, -0.05) is 12.1 Å². The lowest BCUT2D eigenvalue weighted by Gasteiger charge is -2.23. The Hall–Kier alpha value is -2.89. The fourth-order valence-corrected chi connectivity index (χ4v) is 2.80. The average Bonchev–Trinajstić information content (AvgIpc) is 3.11. The minimum Gasteiger partial charge on any atom is -0.497 e. The smallest absolute Gasteiger partial charge is 0.250 e. The molecule has 1 atom stereocenters. The Bertz CT molecular complexity index is 878. The van der Waals surface area contributed by atoms with Crippen LogP contribution in [0.25, 0.3) is 11.5 Å². The fourth-order valence-electron chi connectivity index (χ4n) is 2.80. The van der Waals surface area contributed by atoms with Crippen molar-refractivity contribution in [2.75, 3.05) is 13.7 Å². The first-order valence-electron chi connectivity index (χ1n) is 7.62. The van der Waals surface area contributed by atoms with Crippen molar-refractivity contribution in [3.8, 4) is 23.0 Å². The van der Waals surface area contributed by atoms with E-state index in [4.69, 9.17) is 13.9 Å². The summed E-state index contributed by atoms with van der Waals surface area (Å²) in [6, 6.07) is 12.0. The van der Waals surface area contributed by atoms with Gasteiger partial charge in [-0.3, -0.25) is 0 Å². The maximum Gasteiger partial charge on any atom is 0.250 e. The van der Waals surface area contributed by atoms with E-state index < -0.39 is 0 Å². The quantitative estimate of drug-likeness (QED) is 0.736. The van der Waals surface area contributed by atoms with Gasteiger partial charge in [0.1, 0.15) is 23.9 Å². The molecule has 0 bridgehead atoms. The summed E-state index contributed by atoms with van der Waals surface area (Å²) >= 11 is 0. The van der Waals surface area contributed by atoms with Crippen LogP contribution in [-0.4, -0.2) is 23.9 Å². The summed E-state index contributed by atoms with van der Waals surface area (Å²) in [4.78, 5) is 0. The van der Waals surface area contributed by atoms with Crippen LogP contribution in [0.4, 0.5) is 4.39 Å². The molecular formula is C18H15FN2O3. The van der Waals surface area contributed by atoms with Gasteiger partial charge in [0, 0.05) is 0 Å². The Kier molecular flexibility index (Phi) is 3.65. The van der Waals surface area contributed by atoms with Crippen LogP contribution in [0.5, 0.6) is 11.5 Å². The molecule has 2 aromatic carbocycles. The lowest BCUT2D eigenvalue weighted by atomic mass is 9.96. The van der Waals surface area contributed by atoms with Crippen molar-refractivity contribution in [3.05, 3.63) is 59.7 Å². The van der Waals surface area contributed by atoms with Gasteiger partial charge < -0.3 is 13.9 Å². The zero-order valence-corrected chi connectivity index (χ0v) is 13.0. The number of benzene rings is 2. The van der Waals surface area contributed by atoms with Crippen LogP contribution in [0.15, 0.2) is 46.9 Å². The lowest BCUT2D eigenvalue weighted by Crippen LogP contribution is -2.19. The predicted octanol–water partition coefficient (Wildman–Crippen LogP) is 3.60. The number of halogens is 1. The third-order valence-electron chi connectivity index (χ3n) is 4.07. The van der Waals surface area contributed by atoms with Gasteiger partial charge in [0.05, 0.1) is 18.6 Å². The SMILES string of the molecule is COc1ccc2c(c1)C[C@H](c1nnc(-c3ccccc3F)o1)CO2. The molecule has 3 aromatic rings. The number of rotatable bonds is 3. The van der Waals surface area contributed by atoms with Crippen LogP contribution in [0.3, 0.4) is 0 Å². The van der Waals surface area contributed by atoms with Crippen molar-refractivity contribution in [1.29, 1.82) is 0 Å². The van der Waals surface area contributed by atoms with Crippen molar-refractivity contribution in [3.63, 3.8) is 0 Å². The second-order valence-corrected chi connectivity index (χ2v) is 5.61. The molecule has 2 heterocycles. The van der Waals surface area contributed by atoms with Crippen molar-refractivity contribution >= 4 is 0 Å². The average molecular weight is 326 g/mol. The topological polar surface area (TPSA) is 57.4 Å². The summed E-state index contributed by atoms with van der Waals surface area (Å²) in [6.07, 6.45) is 0.700. The minimum absolute atomic E-state index is 0.0716. The molecule has 0 N–H and O–H groups in total. The summed E-state index contributed by atoms with van der Waals surface area (Å²) < 4.78 is 30.5. The molecule has 1 aliphatic heterocycles. The van der Waals surface area contributed by atoms with E-state index >= 15 is 0 Å². The van der Waals surface area contributed by atoms with Crippen LogP contribution in [0, 0.1) is 5.82 Å². The summed E-state index contributed by atoms with van der Waals surface area (Å²) in [7, 11) is 1.63. The van der Waals surface area contributed by atoms with E-state index in [0.717, 1.165) is 17.1 Å². The molecule has 5 nitrogen and oxygen atoms in total. The Balaban J connectivity index is 1.60. The Morgan fingerprint density at radius 2 is 2.04 bits per heavy atom. The molecule has 122 valence electrons. The number of methoxy groups -OCH3 is 1. The van der Waals surface area contributed by atoms with Crippen molar-refractivity contribution in [2.45, 2.75) is 12.3 Å². The second-order valence-electron chi connectivity index (χ2n) is 5.61. The highest BCUT2D eigenvalue weighted by Gasteiger charge is 2.27. The van der Waals surface area contributed by atoms with Crippen molar-refractivity contribution in [1.82, 2.24) is 10.2 Å². The second kappa shape index (κ2) is 5.96. The molecule has 1 aromatic heterocycles. The van der Waals surface area contributed by atoms with E-state index in [-0.39, 0.29) is 17.6 Å². The lowest BCUT2D eigenvalue weighted by molar-refractivity contribution is 0.241. The van der Waals surface area contributed by atoms with Crippen LogP contribution >= 0.6 is 0 Å². The van der Waals surface area contributed by atoms with E-state index in [1.807, 2.05) is 18.2 Å². The third-order valence-corrected chi connectivity index (χ3v) is 4.07. The molecule has 4 rings (SSSR count). The summed E-state index contributed by atoms with van der Waals surface area (Å²) in [5.41, 5.74) is 1.33. The van der Waals surface area contributed by atoms with E-state index in [1.54, 1.807) is 25.3 Å². The van der Waals surface area contributed by atoms with Crippen LogP contribution in [-0.2, 0) is 6.42 Å². The number of hydrogen-bond acceptors (Lipinski definition) is 5. The van der Waals surface area contributed by atoms with Crippen molar-refractivity contribution < 1.29 is 18.3 Å². The molecule has 0 radical (unpaired) electrons. The van der Waals surface area contributed by atoms with Gasteiger partial charge in [0.15, 0.2) is 0 Å². The largest absolute Gasteiger partial charge is 0.497 e. The molecule has 0 unspecified atom stereocenters. The molecule has 0 saturated heterocycles. The highest BCUT2D eigenvalue weighted by Crippen LogP contribution is 2.35. The number of fused-ring (bicyclic) bond motifs is 1. The van der Waals surface area contributed by atoms with Gasteiger partial charge in [-0.05, 0) is 42.3 Å². The molecule has 6 heteroatoms. The number of nitrogens with zero attached hydrogens (tertiary/aromatic N) is 2. The molecule has 0 amide bonds. The van der Waals surface area contributed by atoms with E-state index in [2.05, 4.69) is 10.2 Å². The first-order valence-corrected chi connectivity index (χ1v) is 7.62. The zero-order chi connectivity index (χ0) is 16.5. The maximum absolute atomic E-state index is 13.8. The zero-order valence-electron chi connectivity index (χ0n) is 13.0. The normalized spacial score (nSPS) is 16.3. The molecule has 0 saturated carbocycles. The molecule has 24 heavy (non-hydrogen) atoms. The van der Waals surface area contributed by atoms with Crippen molar-refractivity contribution in [2.24, 2.45) is 0 Å². The summed E-state index contributed by atoms with van der Waals surface area (Å²) in [5.74, 6) is 1.78. The fraction of sp³-hybridized carbons (Fsp3) is 0.222. The van der Waals surface area contributed by atoms with Crippen LogP contribution < -0.4 is 9.47 Å². The van der Waals surface area contributed by atoms with Gasteiger partial charge in [-0.15, -0.1) is 10.2 Å². The maximum atomic E-state index is 13.8. The highest BCUT2D eigenvalue weighted by atomic mass is 19.1. The molecule has 1 aliphatic rings. The van der Waals surface area contributed by atoms with Gasteiger partial charge in [0.25, 0.3) is 5.89 Å². The predicted molar refractivity (Wildman–Crippen MR) is 84.6 cm³/mol. The van der Waals surface area contributed by atoms with E-state index in [1.165, 1.54) is 6.07 Å². The van der Waals surface area contributed by atoms with Crippen LogP contribution in [0.1, 0.15) is 17.4 Å². The number of aromatic nitrogens is 2. The summed E-state index contributed by atoms with van der Waals surface area (Å²) in [6.45, 7) is 0.443. The molecular weight excluding hydrogens is 311 g/mol. The monoisotopic (exact) mass is 326 g/mol. The van der Waals surface area contributed by atoms with E-state index in [9.17, 15) is 4.39 Å². The summed E-state index contributed by atoms with van der Waals surface area (Å²) in [5, 5.41) is 8.05. The van der Waals surface area contributed by atoms with E-state index in [0.29, 0.717) is 24.5 Å². The number of hydrogen-bond donors (Lipinski definition) is 0. The van der Waals surface area contributed by atoms with Gasteiger partial charge in [-0.2, -0.15) is 0 Å². The minimum atomic E-state index is -0.386. The van der Waals surface area contributed by atoms with Crippen LogP contribution in [0.2, 0.25) is 0 Å². The Morgan fingerprint density at radius 3 is 2.88 bits per heavy atom. The first-order chi connectivity index (χ1) is 11.7. The van der Waals surface area contributed by atoms with Gasteiger partial charge in [-0.25, -0.2) is 4.39 Å².